The quantitative estimate of drug-likeness (QED) is 0.479. The summed E-state index contributed by atoms with van der Waals surface area (Å²) in [6, 6.07) is 5.27. The summed E-state index contributed by atoms with van der Waals surface area (Å²) >= 11 is 0. The third-order valence-electron chi connectivity index (χ3n) is 3.19. The van der Waals surface area contributed by atoms with Crippen molar-refractivity contribution < 1.29 is 28.7 Å². The number of carbonyl (C=O) groups is 4. The Kier molecular flexibility index (Phi) is 8.43. The number of alkyl carbamates (subject to hydrolysis) is 1. The van der Waals surface area contributed by atoms with Crippen molar-refractivity contribution in [3.8, 4) is 0 Å². The zero-order chi connectivity index (χ0) is 21.3. The lowest BCUT2D eigenvalue weighted by Gasteiger charge is -2.22. The molecule has 0 aromatic heterocycles. The Morgan fingerprint density at radius 1 is 1.07 bits per heavy atom. The molecule has 1 aromatic rings. The molecular formula is C19H27N3O6. The predicted octanol–water partition coefficient (Wildman–Crippen LogP) is 1.72. The van der Waals surface area contributed by atoms with Gasteiger partial charge in [0.05, 0.1) is 6.61 Å². The minimum atomic E-state index is -1.53. The summed E-state index contributed by atoms with van der Waals surface area (Å²) in [7, 11) is 0. The minimum absolute atomic E-state index is 0.0588. The number of hydrogen-bond donors (Lipinski definition) is 3. The van der Waals surface area contributed by atoms with E-state index in [1.165, 1.54) is 6.92 Å². The third kappa shape index (κ3) is 8.52. The second kappa shape index (κ2) is 10.3. The van der Waals surface area contributed by atoms with E-state index < -0.39 is 29.6 Å². The Morgan fingerprint density at radius 3 is 2.18 bits per heavy atom. The van der Waals surface area contributed by atoms with Crippen LogP contribution in [-0.2, 0) is 30.4 Å². The van der Waals surface area contributed by atoms with Gasteiger partial charge in [0.2, 0.25) is 11.9 Å². The van der Waals surface area contributed by atoms with Crippen LogP contribution in [0.5, 0.6) is 0 Å². The van der Waals surface area contributed by atoms with Gasteiger partial charge >= 0.3 is 12.1 Å². The average Bonchev–Trinajstić information content (AvgIpc) is 2.57. The first-order chi connectivity index (χ1) is 13.0. The lowest BCUT2D eigenvalue weighted by molar-refractivity contribution is -0.149. The second-order valence-electron chi connectivity index (χ2n) is 6.93. The zero-order valence-corrected chi connectivity index (χ0v) is 16.8. The van der Waals surface area contributed by atoms with Crippen molar-refractivity contribution in [3.05, 3.63) is 29.8 Å². The van der Waals surface area contributed by atoms with Crippen LogP contribution in [0.15, 0.2) is 24.3 Å². The molecule has 3 N–H and O–H groups in total. The van der Waals surface area contributed by atoms with E-state index in [9.17, 15) is 19.2 Å². The number of esters is 1. The summed E-state index contributed by atoms with van der Waals surface area (Å²) in [4.78, 5) is 47.4. The normalized spacial score (nSPS) is 11.8. The first-order valence-electron chi connectivity index (χ1n) is 8.82. The van der Waals surface area contributed by atoms with E-state index in [-0.39, 0.29) is 19.1 Å². The SMILES string of the molecule is CCOC(=O)[C@H](NC(=O)OC(C)(C)C)C(=O)NCc1ccc(NC(C)=O)cc1. The fourth-order valence-corrected chi connectivity index (χ4v) is 2.08. The Bertz CT molecular complexity index is 709. The molecule has 0 unspecified atom stereocenters. The minimum Gasteiger partial charge on any atom is -0.464 e. The third-order valence-corrected chi connectivity index (χ3v) is 3.19. The van der Waals surface area contributed by atoms with Crippen molar-refractivity contribution >= 4 is 29.6 Å². The van der Waals surface area contributed by atoms with E-state index in [1.54, 1.807) is 52.0 Å². The fraction of sp³-hybridized carbons (Fsp3) is 0.474. The largest absolute Gasteiger partial charge is 0.464 e. The van der Waals surface area contributed by atoms with Crippen LogP contribution in [0.25, 0.3) is 0 Å². The number of ether oxygens (including phenoxy) is 2. The van der Waals surface area contributed by atoms with Gasteiger partial charge in [0.1, 0.15) is 5.60 Å². The fourth-order valence-electron chi connectivity index (χ4n) is 2.08. The molecule has 1 rings (SSSR count). The molecule has 0 bridgehead atoms. The van der Waals surface area contributed by atoms with Crippen molar-refractivity contribution in [2.45, 2.75) is 52.8 Å². The number of amides is 3. The Balaban J connectivity index is 2.73. The van der Waals surface area contributed by atoms with E-state index in [0.717, 1.165) is 5.56 Å². The molecule has 154 valence electrons. The highest BCUT2D eigenvalue weighted by Gasteiger charge is 2.31. The molecule has 0 saturated heterocycles. The number of benzene rings is 1. The number of carbonyl (C=O) groups excluding carboxylic acids is 4. The topological polar surface area (TPSA) is 123 Å². The maximum Gasteiger partial charge on any atom is 0.408 e. The maximum atomic E-state index is 12.4. The van der Waals surface area contributed by atoms with Crippen LogP contribution >= 0.6 is 0 Å². The molecule has 0 fully saturated rings. The molecule has 0 saturated carbocycles. The van der Waals surface area contributed by atoms with Crippen molar-refractivity contribution in [2.75, 3.05) is 11.9 Å². The molecule has 1 atom stereocenters. The maximum absolute atomic E-state index is 12.4. The van der Waals surface area contributed by atoms with Crippen LogP contribution in [0.1, 0.15) is 40.2 Å². The monoisotopic (exact) mass is 393 g/mol. The lowest BCUT2D eigenvalue weighted by atomic mass is 10.2. The molecule has 0 spiro atoms. The van der Waals surface area contributed by atoms with Gasteiger partial charge in [-0.25, -0.2) is 9.59 Å². The van der Waals surface area contributed by atoms with E-state index in [0.29, 0.717) is 5.69 Å². The van der Waals surface area contributed by atoms with Gasteiger partial charge < -0.3 is 20.1 Å². The molecule has 0 radical (unpaired) electrons. The predicted molar refractivity (Wildman–Crippen MR) is 102 cm³/mol. The van der Waals surface area contributed by atoms with E-state index in [4.69, 9.17) is 9.47 Å². The van der Waals surface area contributed by atoms with Crippen molar-refractivity contribution in [3.63, 3.8) is 0 Å². The number of anilines is 1. The summed E-state index contributed by atoms with van der Waals surface area (Å²) in [5.74, 6) is -1.80. The van der Waals surface area contributed by atoms with E-state index >= 15 is 0 Å². The van der Waals surface area contributed by atoms with E-state index in [2.05, 4.69) is 16.0 Å². The molecule has 9 nitrogen and oxygen atoms in total. The molecular weight excluding hydrogens is 366 g/mol. The van der Waals surface area contributed by atoms with Gasteiger partial charge in [0.25, 0.3) is 5.91 Å². The van der Waals surface area contributed by atoms with Crippen LogP contribution in [0.4, 0.5) is 10.5 Å². The zero-order valence-electron chi connectivity index (χ0n) is 16.8. The van der Waals surface area contributed by atoms with Crippen LogP contribution in [0.3, 0.4) is 0 Å². The first-order valence-corrected chi connectivity index (χ1v) is 8.82. The van der Waals surface area contributed by atoms with Gasteiger partial charge in [0, 0.05) is 19.2 Å². The summed E-state index contributed by atoms with van der Waals surface area (Å²) < 4.78 is 9.93. The lowest BCUT2D eigenvalue weighted by Crippen LogP contribution is -2.52. The Hall–Kier alpha value is -3.10. The van der Waals surface area contributed by atoms with Crippen LogP contribution in [0.2, 0.25) is 0 Å². The van der Waals surface area contributed by atoms with Gasteiger partial charge in [-0.3, -0.25) is 14.9 Å². The molecule has 9 heteroatoms. The van der Waals surface area contributed by atoms with Crippen LogP contribution < -0.4 is 16.0 Å². The number of nitrogens with one attached hydrogen (secondary N) is 3. The standard InChI is InChI=1S/C19H27N3O6/c1-6-27-17(25)15(22-18(26)28-19(3,4)5)16(24)20-11-13-7-9-14(10-8-13)21-12(2)23/h7-10,15H,6,11H2,1-5H3,(H,20,24)(H,21,23)(H,22,26)/t15-/m1/s1. The van der Waals surface area contributed by atoms with Crippen LogP contribution in [-0.4, -0.2) is 42.1 Å². The van der Waals surface area contributed by atoms with Gasteiger partial charge in [-0.1, -0.05) is 12.1 Å². The highest BCUT2D eigenvalue weighted by atomic mass is 16.6. The first kappa shape index (κ1) is 22.9. The molecule has 28 heavy (non-hydrogen) atoms. The molecule has 3 amide bonds. The summed E-state index contributed by atoms with van der Waals surface area (Å²) in [5, 5.41) is 7.43. The van der Waals surface area contributed by atoms with Crippen molar-refractivity contribution in [1.29, 1.82) is 0 Å². The highest BCUT2D eigenvalue weighted by Crippen LogP contribution is 2.10. The second-order valence-corrected chi connectivity index (χ2v) is 6.93. The number of rotatable bonds is 7. The highest BCUT2D eigenvalue weighted by molar-refractivity contribution is 6.04. The van der Waals surface area contributed by atoms with Gasteiger partial charge in [-0.2, -0.15) is 0 Å². The average molecular weight is 393 g/mol. The molecule has 0 heterocycles. The van der Waals surface area contributed by atoms with E-state index in [1.807, 2.05) is 0 Å². The summed E-state index contributed by atoms with van der Waals surface area (Å²) in [6.07, 6.45) is -0.902. The van der Waals surface area contributed by atoms with Crippen molar-refractivity contribution in [2.24, 2.45) is 0 Å². The Morgan fingerprint density at radius 2 is 1.68 bits per heavy atom. The van der Waals surface area contributed by atoms with Crippen LogP contribution in [0, 0.1) is 0 Å². The smallest absolute Gasteiger partial charge is 0.408 e. The molecule has 0 aliphatic rings. The molecule has 0 aliphatic carbocycles. The summed E-state index contributed by atoms with van der Waals surface area (Å²) in [6.45, 7) is 8.16. The Labute approximate surface area is 164 Å². The molecule has 0 aliphatic heterocycles. The van der Waals surface area contributed by atoms with Crippen molar-refractivity contribution in [1.82, 2.24) is 10.6 Å². The summed E-state index contributed by atoms with van der Waals surface area (Å²) in [5.41, 5.74) is 0.580. The van der Waals surface area contributed by atoms with Gasteiger partial charge in [-0.15, -0.1) is 0 Å². The molecule has 1 aromatic carbocycles. The van der Waals surface area contributed by atoms with Gasteiger partial charge in [0.15, 0.2) is 0 Å². The van der Waals surface area contributed by atoms with Gasteiger partial charge in [-0.05, 0) is 45.4 Å². The number of hydrogen-bond acceptors (Lipinski definition) is 6.